The van der Waals surface area contributed by atoms with Crippen LogP contribution in [0.2, 0.25) is 0 Å². The summed E-state index contributed by atoms with van der Waals surface area (Å²) >= 11 is 0. The third kappa shape index (κ3) is 1.28. The highest BCUT2D eigenvalue weighted by atomic mass is 14.3. The van der Waals surface area contributed by atoms with Crippen LogP contribution < -0.4 is 0 Å². The minimum Gasteiger partial charge on any atom is -0.0648 e. The van der Waals surface area contributed by atoms with Crippen molar-refractivity contribution < 1.29 is 0 Å². The van der Waals surface area contributed by atoms with E-state index < -0.39 is 0 Å². The molecule has 0 heteroatoms. The normalized spacial score (nSPS) is 25.1. The number of benzene rings is 1. The molecule has 0 saturated carbocycles. The Morgan fingerprint density at radius 1 is 1.29 bits per heavy atom. The highest BCUT2D eigenvalue weighted by molar-refractivity contribution is 5.45. The van der Waals surface area contributed by atoms with Crippen LogP contribution in [0.25, 0.3) is 0 Å². The van der Waals surface area contributed by atoms with Gasteiger partial charge in [-0.15, -0.1) is 0 Å². The Kier molecular flexibility index (Phi) is 2.38. The number of rotatable bonds is 1. The van der Waals surface area contributed by atoms with Gasteiger partial charge in [0.25, 0.3) is 0 Å². The van der Waals surface area contributed by atoms with Crippen molar-refractivity contribution in [1.29, 1.82) is 0 Å². The molecule has 0 heterocycles. The summed E-state index contributed by atoms with van der Waals surface area (Å²) in [6.45, 7) is 9.20. The highest BCUT2D eigenvalue weighted by Crippen LogP contribution is 2.41. The molecule has 0 nitrogen and oxygen atoms in total. The van der Waals surface area contributed by atoms with E-state index in [0.717, 1.165) is 11.8 Å². The molecule has 0 bridgehead atoms. The Hall–Kier alpha value is -0.780. The van der Waals surface area contributed by atoms with Crippen molar-refractivity contribution in [2.24, 2.45) is 5.92 Å². The van der Waals surface area contributed by atoms with Crippen LogP contribution in [0.4, 0.5) is 0 Å². The molecule has 0 N–H and O–H groups in total. The fraction of sp³-hybridized carbons (Fsp3) is 0.571. The summed E-state index contributed by atoms with van der Waals surface area (Å²) in [6.07, 6.45) is 2.58. The van der Waals surface area contributed by atoms with Gasteiger partial charge in [0.1, 0.15) is 0 Å². The fourth-order valence-corrected chi connectivity index (χ4v) is 2.91. The third-order valence-electron chi connectivity index (χ3n) is 3.96. The summed E-state index contributed by atoms with van der Waals surface area (Å²) in [5.74, 6) is 1.65. The molecule has 0 aliphatic heterocycles. The van der Waals surface area contributed by atoms with E-state index in [-0.39, 0.29) is 0 Å². The first kappa shape index (κ1) is 9.76. The van der Waals surface area contributed by atoms with Crippen molar-refractivity contribution >= 4 is 0 Å². The molecular formula is C14H20. The number of hydrogen-bond donors (Lipinski definition) is 0. The summed E-state index contributed by atoms with van der Waals surface area (Å²) in [7, 11) is 0. The molecule has 1 aromatic carbocycles. The number of fused-ring (bicyclic) bond motifs is 1. The molecule has 0 saturated heterocycles. The van der Waals surface area contributed by atoms with Gasteiger partial charge in [-0.2, -0.15) is 0 Å². The molecule has 1 aliphatic carbocycles. The lowest BCUT2D eigenvalue weighted by molar-refractivity contribution is 0.486. The summed E-state index contributed by atoms with van der Waals surface area (Å²) < 4.78 is 0. The average Bonchev–Trinajstić information content (AvgIpc) is 2.49. The molecule has 2 rings (SSSR count). The van der Waals surface area contributed by atoms with Crippen LogP contribution in [0.1, 0.15) is 48.4 Å². The van der Waals surface area contributed by atoms with Crippen molar-refractivity contribution in [1.82, 2.24) is 0 Å². The lowest BCUT2D eigenvalue weighted by Gasteiger charge is -2.14. The molecule has 2 atom stereocenters. The van der Waals surface area contributed by atoms with E-state index >= 15 is 0 Å². The van der Waals surface area contributed by atoms with Crippen molar-refractivity contribution in [2.75, 3.05) is 0 Å². The lowest BCUT2D eigenvalue weighted by atomic mass is 9.91. The Bertz CT molecular complexity index is 349. The Morgan fingerprint density at radius 2 is 2.00 bits per heavy atom. The average molecular weight is 188 g/mol. The molecule has 0 aromatic heterocycles. The van der Waals surface area contributed by atoms with Crippen molar-refractivity contribution in [3.05, 3.63) is 34.4 Å². The molecular weight excluding hydrogens is 168 g/mol. The van der Waals surface area contributed by atoms with Gasteiger partial charge in [0.05, 0.1) is 0 Å². The van der Waals surface area contributed by atoms with Crippen LogP contribution in [-0.4, -0.2) is 0 Å². The monoisotopic (exact) mass is 188 g/mol. The van der Waals surface area contributed by atoms with Crippen LogP contribution in [0.15, 0.2) is 12.1 Å². The maximum absolute atomic E-state index is 2.39. The Balaban J connectivity index is 2.52. The van der Waals surface area contributed by atoms with E-state index in [1.54, 1.807) is 11.1 Å². The van der Waals surface area contributed by atoms with E-state index in [1.165, 1.54) is 24.0 Å². The van der Waals surface area contributed by atoms with Crippen molar-refractivity contribution in [3.8, 4) is 0 Å². The first-order valence-electron chi connectivity index (χ1n) is 5.74. The highest BCUT2D eigenvalue weighted by Gasteiger charge is 2.28. The maximum Gasteiger partial charge on any atom is -0.0133 e. The molecule has 1 aromatic rings. The summed E-state index contributed by atoms with van der Waals surface area (Å²) in [4.78, 5) is 0. The van der Waals surface area contributed by atoms with E-state index in [0.29, 0.717) is 0 Å². The van der Waals surface area contributed by atoms with E-state index in [2.05, 4.69) is 39.8 Å². The first-order chi connectivity index (χ1) is 6.65. The Labute approximate surface area is 87.3 Å². The number of aryl methyl sites for hydroxylation is 1. The van der Waals surface area contributed by atoms with Crippen LogP contribution >= 0.6 is 0 Å². The second-order valence-corrected chi connectivity index (χ2v) is 4.77. The SMILES string of the molecule is CC[C@@H]1c2ccc(C)c(C)c2C[C@@H]1C. The van der Waals surface area contributed by atoms with Gasteiger partial charge in [-0.3, -0.25) is 0 Å². The second kappa shape index (κ2) is 3.42. The van der Waals surface area contributed by atoms with E-state index in [9.17, 15) is 0 Å². The van der Waals surface area contributed by atoms with Crippen LogP contribution in [-0.2, 0) is 6.42 Å². The summed E-state index contributed by atoms with van der Waals surface area (Å²) in [5, 5.41) is 0. The molecule has 0 spiro atoms. The van der Waals surface area contributed by atoms with Gasteiger partial charge in [0.15, 0.2) is 0 Å². The zero-order valence-electron chi connectivity index (χ0n) is 9.72. The summed E-state index contributed by atoms with van der Waals surface area (Å²) in [6, 6.07) is 4.64. The van der Waals surface area contributed by atoms with Gasteiger partial charge in [0, 0.05) is 0 Å². The largest absolute Gasteiger partial charge is 0.0648 e. The first-order valence-corrected chi connectivity index (χ1v) is 5.74. The summed E-state index contributed by atoms with van der Waals surface area (Å²) in [5.41, 5.74) is 6.26. The minimum absolute atomic E-state index is 0.810. The van der Waals surface area contributed by atoms with Gasteiger partial charge < -0.3 is 0 Å². The predicted molar refractivity (Wildman–Crippen MR) is 61.8 cm³/mol. The van der Waals surface area contributed by atoms with E-state index in [4.69, 9.17) is 0 Å². The third-order valence-corrected chi connectivity index (χ3v) is 3.96. The lowest BCUT2D eigenvalue weighted by Crippen LogP contribution is -2.01. The van der Waals surface area contributed by atoms with Crippen LogP contribution in [0.5, 0.6) is 0 Å². The van der Waals surface area contributed by atoms with Crippen LogP contribution in [0, 0.1) is 19.8 Å². The van der Waals surface area contributed by atoms with Gasteiger partial charge in [0.2, 0.25) is 0 Å². The van der Waals surface area contributed by atoms with Crippen LogP contribution in [0.3, 0.4) is 0 Å². The van der Waals surface area contributed by atoms with E-state index in [1.807, 2.05) is 0 Å². The van der Waals surface area contributed by atoms with Gasteiger partial charge in [-0.1, -0.05) is 26.0 Å². The molecule has 0 amide bonds. The molecule has 1 aliphatic rings. The predicted octanol–water partition coefficient (Wildman–Crippen LogP) is 3.99. The van der Waals surface area contributed by atoms with Gasteiger partial charge in [-0.05, 0) is 60.8 Å². The second-order valence-electron chi connectivity index (χ2n) is 4.77. The zero-order chi connectivity index (χ0) is 10.3. The fourth-order valence-electron chi connectivity index (χ4n) is 2.91. The van der Waals surface area contributed by atoms with Crippen molar-refractivity contribution in [3.63, 3.8) is 0 Å². The van der Waals surface area contributed by atoms with Gasteiger partial charge >= 0.3 is 0 Å². The maximum atomic E-state index is 2.39. The standard InChI is InChI=1S/C14H20/c1-5-12-10(3)8-14-11(4)9(2)6-7-13(12)14/h6-7,10,12H,5,8H2,1-4H3/t10-,12-/m0/s1. The molecule has 0 fully saturated rings. The topological polar surface area (TPSA) is 0 Å². The number of hydrogen-bond acceptors (Lipinski definition) is 0. The molecule has 0 unspecified atom stereocenters. The quantitative estimate of drug-likeness (QED) is 0.625. The van der Waals surface area contributed by atoms with Gasteiger partial charge in [-0.25, -0.2) is 0 Å². The zero-order valence-corrected chi connectivity index (χ0v) is 9.72. The molecule has 0 radical (unpaired) electrons. The van der Waals surface area contributed by atoms with Crippen molar-refractivity contribution in [2.45, 2.75) is 46.5 Å². The minimum atomic E-state index is 0.810. The smallest absolute Gasteiger partial charge is 0.0133 e. The molecule has 76 valence electrons. The molecule has 14 heavy (non-hydrogen) atoms. The Morgan fingerprint density at radius 3 is 2.64 bits per heavy atom.